The van der Waals surface area contributed by atoms with Crippen LogP contribution in [-0.4, -0.2) is 19.0 Å². The molecule has 0 heterocycles. The van der Waals surface area contributed by atoms with Crippen molar-refractivity contribution >= 4 is 5.96 Å². The molecule has 2 aliphatic carbocycles. The summed E-state index contributed by atoms with van der Waals surface area (Å²) in [7, 11) is 0. The first-order valence-corrected chi connectivity index (χ1v) is 5.91. The Labute approximate surface area is 91.8 Å². The van der Waals surface area contributed by atoms with Crippen molar-refractivity contribution in [2.75, 3.05) is 13.1 Å². The molecule has 0 unspecified atom stereocenters. The zero-order chi connectivity index (χ0) is 10.7. The SMILES string of the molecule is C=CCNC(N)=NCC1(C2CC2)CCC1. The minimum absolute atomic E-state index is 0.528. The third-order valence-corrected chi connectivity index (χ3v) is 3.78. The monoisotopic (exact) mass is 207 g/mol. The highest BCUT2D eigenvalue weighted by Gasteiger charge is 2.48. The average Bonchev–Trinajstić information content (AvgIpc) is 2.97. The number of nitrogens with two attached hydrogens (primary N) is 1. The van der Waals surface area contributed by atoms with E-state index in [0.29, 0.717) is 17.9 Å². The maximum Gasteiger partial charge on any atom is 0.188 e. The van der Waals surface area contributed by atoms with Crippen LogP contribution in [-0.2, 0) is 0 Å². The van der Waals surface area contributed by atoms with Crippen LogP contribution >= 0.6 is 0 Å². The van der Waals surface area contributed by atoms with Crippen LogP contribution in [0.1, 0.15) is 32.1 Å². The van der Waals surface area contributed by atoms with Crippen LogP contribution in [0.5, 0.6) is 0 Å². The number of rotatable bonds is 5. The van der Waals surface area contributed by atoms with E-state index in [1.54, 1.807) is 6.08 Å². The molecule has 2 saturated carbocycles. The molecule has 0 aromatic heterocycles. The molecule has 0 aliphatic heterocycles. The van der Waals surface area contributed by atoms with E-state index in [1.165, 1.54) is 32.1 Å². The van der Waals surface area contributed by atoms with E-state index in [-0.39, 0.29) is 0 Å². The van der Waals surface area contributed by atoms with Gasteiger partial charge in [-0.25, -0.2) is 0 Å². The van der Waals surface area contributed by atoms with E-state index >= 15 is 0 Å². The van der Waals surface area contributed by atoms with E-state index in [2.05, 4.69) is 16.9 Å². The third kappa shape index (κ3) is 2.33. The summed E-state index contributed by atoms with van der Waals surface area (Å²) >= 11 is 0. The molecule has 0 aromatic carbocycles. The second-order valence-corrected chi connectivity index (χ2v) is 4.86. The van der Waals surface area contributed by atoms with Crippen molar-refractivity contribution in [3.8, 4) is 0 Å². The lowest BCUT2D eigenvalue weighted by atomic mass is 9.65. The summed E-state index contributed by atoms with van der Waals surface area (Å²) in [5.41, 5.74) is 6.29. The summed E-state index contributed by atoms with van der Waals surface area (Å²) in [6.45, 7) is 5.26. The van der Waals surface area contributed by atoms with Crippen LogP contribution in [0.15, 0.2) is 17.6 Å². The smallest absolute Gasteiger partial charge is 0.188 e. The first kappa shape index (κ1) is 10.5. The van der Waals surface area contributed by atoms with E-state index in [4.69, 9.17) is 5.73 Å². The van der Waals surface area contributed by atoms with Crippen molar-refractivity contribution in [3.05, 3.63) is 12.7 Å². The summed E-state index contributed by atoms with van der Waals surface area (Å²) in [5, 5.41) is 3.02. The van der Waals surface area contributed by atoms with Crippen LogP contribution < -0.4 is 11.1 Å². The highest BCUT2D eigenvalue weighted by molar-refractivity contribution is 5.77. The molecule has 2 aliphatic rings. The Bertz CT molecular complexity index is 262. The Hall–Kier alpha value is -0.990. The van der Waals surface area contributed by atoms with Crippen LogP contribution in [0.2, 0.25) is 0 Å². The van der Waals surface area contributed by atoms with Crippen molar-refractivity contribution in [2.24, 2.45) is 22.1 Å². The third-order valence-electron chi connectivity index (χ3n) is 3.78. The quantitative estimate of drug-likeness (QED) is 0.409. The molecule has 3 N–H and O–H groups in total. The minimum Gasteiger partial charge on any atom is -0.370 e. The lowest BCUT2D eigenvalue weighted by Gasteiger charge is -2.41. The number of hydrogen-bond acceptors (Lipinski definition) is 1. The predicted octanol–water partition coefficient (Wildman–Crippen LogP) is 1.66. The van der Waals surface area contributed by atoms with Gasteiger partial charge in [0.2, 0.25) is 0 Å². The Morgan fingerprint density at radius 1 is 1.53 bits per heavy atom. The maximum absolute atomic E-state index is 5.76. The van der Waals surface area contributed by atoms with Gasteiger partial charge in [-0.3, -0.25) is 4.99 Å². The molecule has 0 atom stereocenters. The lowest BCUT2D eigenvalue weighted by molar-refractivity contribution is 0.113. The summed E-state index contributed by atoms with van der Waals surface area (Å²) < 4.78 is 0. The number of guanidine groups is 1. The summed E-state index contributed by atoms with van der Waals surface area (Å²) in [6, 6.07) is 0. The van der Waals surface area contributed by atoms with Gasteiger partial charge in [0.15, 0.2) is 5.96 Å². The number of nitrogens with zero attached hydrogens (tertiary/aromatic N) is 1. The standard InChI is InChI=1S/C12H21N3/c1-2-8-14-11(13)15-9-12(6-3-7-12)10-4-5-10/h2,10H,1,3-9H2,(H3,13,14,15). The molecular weight excluding hydrogens is 186 g/mol. The molecule has 84 valence electrons. The molecule has 15 heavy (non-hydrogen) atoms. The van der Waals surface area contributed by atoms with Crippen molar-refractivity contribution in [2.45, 2.75) is 32.1 Å². The van der Waals surface area contributed by atoms with Gasteiger partial charge in [0.05, 0.1) is 0 Å². The molecule has 0 bridgehead atoms. The average molecular weight is 207 g/mol. The Kier molecular flexibility index (Phi) is 2.98. The Balaban J connectivity index is 1.82. The highest BCUT2D eigenvalue weighted by atomic mass is 15.1. The zero-order valence-electron chi connectivity index (χ0n) is 9.34. The molecule has 0 aromatic rings. The minimum atomic E-state index is 0.528. The predicted molar refractivity (Wildman–Crippen MR) is 63.7 cm³/mol. The van der Waals surface area contributed by atoms with Gasteiger partial charge in [0, 0.05) is 13.1 Å². The van der Waals surface area contributed by atoms with E-state index in [9.17, 15) is 0 Å². The molecule has 0 amide bonds. The molecule has 0 radical (unpaired) electrons. The fourth-order valence-electron chi connectivity index (χ4n) is 2.50. The van der Waals surface area contributed by atoms with Crippen LogP contribution in [0, 0.1) is 11.3 Å². The summed E-state index contributed by atoms with van der Waals surface area (Å²) in [6.07, 6.45) is 8.71. The van der Waals surface area contributed by atoms with Crippen molar-refractivity contribution in [1.82, 2.24) is 5.32 Å². The number of nitrogens with one attached hydrogen (secondary N) is 1. The second-order valence-electron chi connectivity index (χ2n) is 4.86. The fourth-order valence-corrected chi connectivity index (χ4v) is 2.50. The Morgan fingerprint density at radius 2 is 2.27 bits per heavy atom. The van der Waals surface area contributed by atoms with Gasteiger partial charge in [-0.15, -0.1) is 6.58 Å². The fraction of sp³-hybridized carbons (Fsp3) is 0.750. The van der Waals surface area contributed by atoms with Crippen LogP contribution in [0.4, 0.5) is 0 Å². The van der Waals surface area contributed by atoms with Crippen LogP contribution in [0.3, 0.4) is 0 Å². The van der Waals surface area contributed by atoms with E-state index < -0.39 is 0 Å². The van der Waals surface area contributed by atoms with Crippen LogP contribution in [0.25, 0.3) is 0 Å². The van der Waals surface area contributed by atoms with Gasteiger partial charge < -0.3 is 11.1 Å². The molecule has 0 saturated heterocycles. The maximum atomic E-state index is 5.76. The second kappa shape index (κ2) is 4.25. The zero-order valence-corrected chi connectivity index (χ0v) is 9.34. The van der Waals surface area contributed by atoms with E-state index in [0.717, 1.165) is 12.5 Å². The van der Waals surface area contributed by atoms with Crippen molar-refractivity contribution in [3.63, 3.8) is 0 Å². The van der Waals surface area contributed by atoms with Gasteiger partial charge in [-0.05, 0) is 37.0 Å². The first-order valence-electron chi connectivity index (χ1n) is 5.91. The molecule has 0 spiro atoms. The largest absolute Gasteiger partial charge is 0.370 e. The van der Waals surface area contributed by atoms with Gasteiger partial charge in [0.25, 0.3) is 0 Å². The molecule has 3 heteroatoms. The topological polar surface area (TPSA) is 50.4 Å². The number of aliphatic imine (C=N–C) groups is 1. The van der Waals surface area contributed by atoms with Gasteiger partial charge >= 0.3 is 0 Å². The lowest BCUT2D eigenvalue weighted by Crippen LogP contribution is -2.38. The van der Waals surface area contributed by atoms with E-state index in [1.807, 2.05) is 0 Å². The number of hydrogen-bond donors (Lipinski definition) is 2. The summed E-state index contributed by atoms with van der Waals surface area (Å²) in [5.74, 6) is 1.52. The molecule has 2 fully saturated rings. The highest BCUT2D eigenvalue weighted by Crippen LogP contribution is 2.57. The van der Waals surface area contributed by atoms with Gasteiger partial charge in [-0.1, -0.05) is 12.5 Å². The van der Waals surface area contributed by atoms with Gasteiger partial charge in [0.1, 0.15) is 0 Å². The molecule has 3 nitrogen and oxygen atoms in total. The first-order chi connectivity index (χ1) is 7.27. The van der Waals surface area contributed by atoms with Crippen molar-refractivity contribution < 1.29 is 0 Å². The normalized spacial score (nSPS) is 24.4. The molecule has 2 rings (SSSR count). The summed E-state index contributed by atoms with van der Waals surface area (Å²) in [4.78, 5) is 4.45. The van der Waals surface area contributed by atoms with Gasteiger partial charge in [-0.2, -0.15) is 0 Å². The molecular formula is C12H21N3. The van der Waals surface area contributed by atoms with Crippen molar-refractivity contribution in [1.29, 1.82) is 0 Å². The Morgan fingerprint density at radius 3 is 2.73 bits per heavy atom.